The molecule has 1 aromatic heterocycles. The van der Waals surface area contributed by atoms with Gasteiger partial charge in [-0.1, -0.05) is 30.3 Å². The van der Waals surface area contributed by atoms with Crippen LogP contribution in [-0.4, -0.2) is 102 Å². The van der Waals surface area contributed by atoms with E-state index in [-0.39, 0.29) is 18.6 Å². The highest BCUT2D eigenvalue weighted by Gasteiger charge is 2.39. The molecule has 0 N–H and O–H groups in total. The SMILES string of the molecule is Cc1cccc2cccc(N3CCCc4c(nc(OCCCN5C[C@H]6C[C@@H]5CO6)nc4N4CCN(C(=O)OC(C)(C)C)C(CC#N)C4)C3)c12. The summed E-state index contributed by atoms with van der Waals surface area (Å²) in [5.74, 6) is 0.858. The number of aryl methyl sites for hydroxylation is 1. The summed E-state index contributed by atoms with van der Waals surface area (Å²) < 4.78 is 17.8. The number of ether oxygens (including phenoxy) is 3. The molecular formula is C38H49N7O4. The molecule has 11 nitrogen and oxygen atoms in total. The molecule has 7 rings (SSSR count). The van der Waals surface area contributed by atoms with Gasteiger partial charge in [-0.15, -0.1) is 0 Å². The van der Waals surface area contributed by atoms with E-state index in [1.165, 1.54) is 22.0 Å². The summed E-state index contributed by atoms with van der Waals surface area (Å²) in [6.07, 6.45) is 4.03. The highest BCUT2D eigenvalue weighted by atomic mass is 16.6. The normalized spacial score (nSPS) is 22.6. The lowest BCUT2D eigenvalue weighted by molar-refractivity contribution is 0.0144. The number of morpholine rings is 1. The Morgan fingerprint density at radius 2 is 1.92 bits per heavy atom. The summed E-state index contributed by atoms with van der Waals surface area (Å²) in [5.41, 5.74) is 3.96. The molecule has 3 saturated heterocycles. The first-order valence-electron chi connectivity index (χ1n) is 17.9. The first kappa shape index (κ1) is 33.4. The summed E-state index contributed by atoms with van der Waals surface area (Å²) in [6.45, 7) is 14.2. The maximum absolute atomic E-state index is 13.2. The number of nitriles is 1. The lowest BCUT2D eigenvalue weighted by atomic mass is 10.0. The number of likely N-dealkylation sites (tertiary alicyclic amines) is 1. The minimum absolute atomic E-state index is 0.212. The summed E-state index contributed by atoms with van der Waals surface area (Å²) in [5, 5.41) is 12.2. The number of hydrogen-bond donors (Lipinski definition) is 0. The van der Waals surface area contributed by atoms with Gasteiger partial charge in [-0.25, -0.2) is 4.79 Å². The predicted octanol–water partition coefficient (Wildman–Crippen LogP) is 5.47. The van der Waals surface area contributed by atoms with E-state index < -0.39 is 5.60 Å². The Labute approximate surface area is 289 Å². The van der Waals surface area contributed by atoms with Crippen molar-refractivity contribution in [1.82, 2.24) is 19.8 Å². The maximum Gasteiger partial charge on any atom is 0.410 e. The van der Waals surface area contributed by atoms with Crippen LogP contribution in [0.15, 0.2) is 36.4 Å². The van der Waals surface area contributed by atoms with Gasteiger partial charge in [0.1, 0.15) is 11.4 Å². The van der Waals surface area contributed by atoms with E-state index in [4.69, 9.17) is 24.2 Å². The van der Waals surface area contributed by atoms with Crippen molar-refractivity contribution in [3.8, 4) is 12.1 Å². The third-order valence-electron chi connectivity index (χ3n) is 10.2. The summed E-state index contributed by atoms with van der Waals surface area (Å²) in [7, 11) is 0. The van der Waals surface area contributed by atoms with Crippen LogP contribution in [0.5, 0.6) is 6.01 Å². The molecule has 4 aliphatic rings. The van der Waals surface area contributed by atoms with Gasteiger partial charge in [-0.05, 0) is 70.4 Å². The largest absolute Gasteiger partial charge is 0.463 e. The molecule has 1 unspecified atom stereocenters. The molecule has 3 aromatic rings. The van der Waals surface area contributed by atoms with Gasteiger partial charge in [-0.2, -0.15) is 15.2 Å². The fourth-order valence-electron chi connectivity index (χ4n) is 7.96. The fourth-order valence-corrected chi connectivity index (χ4v) is 7.96. The quantitative estimate of drug-likeness (QED) is 0.287. The van der Waals surface area contributed by atoms with Crippen LogP contribution < -0.4 is 14.5 Å². The second-order valence-corrected chi connectivity index (χ2v) is 14.9. The van der Waals surface area contributed by atoms with Crippen LogP contribution in [0, 0.1) is 18.3 Å². The Hall–Kier alpha value is -4.14. The van der Waals surface area contributed by atoms with Crippen molar-refractivity contribution in [2.75, 3.05) is 62.3 Å². The number of hydrogen-bond acceptors (Lipinski definition) is 10. The lowest BCUT2D eigenvalue weighted by Crippen LogP contribution is -2.56. The molecule has 1 amide bonds. The number of rotatable bonds is 8. The molecule has 0 saturated carbocycles. The molecule has 0 spiro atoms. The number of aromatic nitrogens is 2. The zero-order chi connectivity index (χ0) is 34.1. The van der Waals surface area contributed by atoms with E-state index in [1.807, 2.05) is 20.8 Å². The second kappa shape index (κ2) is 14.0. The van der Waals surface area contributed by atoms with Gasteiger partial charge in [-0.3, -0.25) is 4.90 Å². The molecule has 2 bridgehead atoms. The first-order valence-corrected chi connectivity index (χ1v) is 17.9. The number of benzene rings is 2. The summed E-state index contributed by atoms with van der Waals surface area (Å²) >= 11 is 0. The number of piperazine rings is 1. The highest BCUT2D eigenvalue weighted by molar-refractivity contribution is 5.96. The van der Waals surface area contributed by atoms with Crippen LogP contribution in [0.1, 0.15) is 63.3 Å². The Morgan fingerprint density at radius 1 is 1.08 bits per heavy atom. The van der Waals surface area contributed by atoms with E-state index in [9.17, 15) is 10.1 Å². The second-order valence-electron chi connectivity index (χ2n) is 14.9. The predicted molar refractivity (Wildman–Crippen MR) is 189 cm³/mol. The van der Waals surface area contributed by atoms with E-state index in [0.717, 1.165) is 69.0 Å². The van der Waals surface area contributed by atoms with Crippen LogP contribution >= 0.6 is 0 Å². The van der Waals surface area contributed by atoms with Crippen LogP contribution in [0.25, 0.3) is 10.8 Å². The smallest absolute Gasteiger partial charge is 0.410 e. The van der Waals surface area contributed by atoms with Crippen LogP contribution in [0.3, 0.4) is 0 Å². The molecule has 49 heavy (non-hydrogen) atoms. The number of carbonyl (C=O) groups excluding carboxylic acids is 1. The van der Waals surface area contributed by atoms with Gasteiger partial charge >= 0.3 is 12.1 Å². The standard InChI is InChI=1S/C38H49N7O4/c1-26-9-5-10-27-11-6-13-33(34(26)27)43-16-7-12-31-32(24-43)40-36(47-20-8-17-42-23-30-21-29(42)25-48-30)41-35(31)44-18-19-45(28(22-44)14-15-39)37(46)49-38(2,3)4/h5-6,9-11,13,28-30H,7-8,12,14,16-25H2,1-4H3/t28?,29-,30-/m1/s1. The Morgan fingerprint density at radius 3 is 2.67 bits per heavy atom. The topological polar surface area (TPSA) is 107 Å². The molecule has 0 radical (unpaired) electrons. The van der Waals surface area contributed by atoms with Crippen LogP contribution in [0.4, 0.5) is 16.3 Å². The third-order valence-corrected chi connectivity index (χ3v) is 10.2. The van der Waals surface area contributed by atoms with Gasteiger partial charge in [0.25, 0.3) is 0 Å². The van der Waals surface area contributed by atoms with E-state index >= 15 is 0 Å². The molecule has 5 heterocycles. The van der Waals surface area contributed by atoms with Gasteiger partial charge in [0.05, 0.1) is 50.1 Å². The Bertz CT molecular complexity index is 1710. The van der Waals surface area contributed by atoms with E-state index in [1.54, 1.807) is 4.90 Å². The van der Waals surface area contributed by atoms with Crippen LogP contribution in [0.2, 0.25) is 0 Å². The molecule has 3 atom stereocenters. The van der Waals surface area contributed by atoms with E-state index in [2.05, 4.69) is 64.1 Å². The monoisotopic (exact) mass is 667 g/mol. The minimum Gasteiger partial charge on any atom is -0.463 e. The lowest BCUT2D eigenvalue weighted by Gasteiger charge is -2.42. The average Bonchev–Trinajstić information content (AvgIpc) is 3.63. The number of amides is 1. The Balaban J connectivity index is 1.16. The molecule has 2 aromatic carbocycles. The number of carbonyl (C=O) groups is 1. The average molecular weight is 668 g/mol. The van der Waals surface area contributed by atoms with Crippen LogP contribution in [-0.2, 0) is 22.4 Å². The van der Waals surface area contributed by atoms with Gasteiger partial charge in [0, 0.05) is 61.9 Å². The first-order chi connectivity index (χ1) is 23.7. The third kappa shape index (κ3) is 7.26. The van der Waals surface area contributed by atoms with Gasteiger partial charge < -0.3 is 28.9 Å². The summed E-state index contributed by atoms with van der Waals surface area (Å²) in [4.78, 5) is 32.2. The Kier molecular flexibility index (Phi) is 9.53. The highest BCUT2D eigenvalue weighted by Crippen LogP contribution is 2.36. The van der Waals surface area contributed by atoms with Gasteiger partial charge in [0.15, 0.2) is 0 Å². The van der Waals surface area contributed by atoms with Crippen molar-refractivity contribution in [1.29, 1.82) is 5.26 Å². The van der Waals surface area contributed by atoms with Crippen molar-refractivity contribution in [2.24, 2.45) is 0 Å². The number of anilines is 2. The van der Waals surface area contributed by atoms with Crippen molar-refractivity contribution in [3.63, 3.8) is 0 Å². The zero-order valence-electron chi connectivity index (χ0n) is 29.4. The van der Waals surface area contributed by atoms with Crippen molar-refractivity contribution < 1.29 is 19.0 Å². The molecule has 260 valence electrons. The minimum atomic E-state index is -0.613. The van der Waals surface area contributed by atoms with Crippen molar-refractivity contribution in [3.05, 3.63) is 53.2 Å². The summed E-state index contributed by atoms with van der Waals surface area (Å²) in [6, 6.07) is 15.9. The van der Waals surface area contributed by atoms with Gasteiger partial charge in [0.2, 0.25) is 0 Å². The number of nitrogens with zero attached hydrogens (tertiary/aromatic N) is 7. The fraction of sp³-hybridized carbons (Fsp3) is 0.579. The molecule has 3 fully saturated rings. The molecule has 0 aliphatic carbocycles. The zero-order valence-corrected chi connectivity index (χ0v) is 29.4. The van der Waals surface area contributed by atoms with E-state index in [0.29, 0.717) is 50.9 Å². The molecule has 11 heteroatoms. The van der Waals surface area contributed by atoms with Crippen molar-refractivity contribution in [2.45, 2.75) is 90.1 Å². The molecular weight excluding hydrogens is 618 g/mol. The number of fused-ring (bicyclic) bond motifs is 4. The molecule has 4 aliphatic heterocycles. The maximum atomic E-state index is 13.2. The van der Waals surface area contributed by atoms with Crippen molar-refractivity contribution >= 4 is 28.4 Å².